The number of benzene rings is 1. The van der Waals surface area contributed by atoms with Crippen LogP contribution in [0.2, 0.25) is 0 Å². The van der Waals surface area contributed by atoms with Crippen LogP contribution >= 0.6 is 0 Å². The van der Waals surface area contributed by atoms with E-state index in [2.05, 4.69) is 5.32 Å². The van der Waals surface area contributed by atoms with E-state index in [9.17, 15) is 19.5 Å². The van der Waals surface area contributed by atoms with Gasteiger partial charge in [0.25, 0.3) is 5.91 Å². The van der Waals surface area contributed by atoms with E-state index in [-0.39, 0.29) is 25.4 Å². The van der Waals surface area contributed by atoms with Crippen LogP contribution in [-0.4, -0.2) is 53.0 Å². The fourth-order valence-corrected chi connectivity index (χ4v) is 2.62. The summed E-state index contributed by atoms with van der Waals surface area (Å²) in [4.78, 5) is 36.3. The molecule has 1 aromatic carbocycles. The van der Waals surface area contributed by atoms with Crippen LogP contribution in [0.3, 0.4) is 0 Å². The van der Waals surface area contributed by atoms with E-state index in [4.69, 9.17) is 5.73 Å². The summed E-state index contributed by atoms with van der Waals surface area (Å²) in [6.45, 7) is 1.79. The van der Waals surface area contributed by atoms with Gasteiger partial charge in [0.2, 0.25) is 5.91 Å². The van der Waals surface area contributed by atoms with Crippen molar-refractivity contribution in [1.82, 2.24) is 10.2 Å². The van der Waals surface area contributed by atoms with E-state index in [1.165, 1.54) is 4.90 Å². The summed E-state index contributed by atoms with van der Waals surface area (Å²) < 4.78 is 0. The maximum atomic E-state index is 12.2. The van der Waals surface area contributed by atoms with Crippen molar-refractivity contribution in [3.8, 4) is 0 Å². The zero-order valence-corrected chi connectivity index (χ0v) is 12.3. The molecule has 1 aliphatic heterocycles. The first-order valence-corrected chi connectivity index (χ1v) is 7.02. The number of likely N-dealkylation sites (tertiary alicyclic amines) is 1. The molecule has 0 spiro atoms. The van der Waals surface area contributed by atoms with Crippen LogP contribution in [0.5, 0.6) is 0 Å². The number of rotatable bonds is 4. The number of carboxylic acids is 1. The van der Waals surface area contributed by atoms with E-state index in [0.29, 0.717) is 5.56 Å². The van der Waals surface area contributed by atoms with E-state index < -0.39 is 24.0 Å². The number of amides is 2. The minimum absolute atomic E-state index is 0.157. The lowest BCUT2D eigenvalue weighted by molar-refractivity contribution is -0.147. The third-order valence-electron chi connectivity index (χ3n) is 3.70. The molecule has 1 fully saturated rings. The van der Waals surface area contributed by atoms with Crippen molar-refractivity contribution in [2.75, 3.05) is 13.1 Å². The number of aryl methyl sites for hydroxylation is 1. The van der Waals surface area contributed by atoms with Crippen molar-refractivity contribution >= 4 is 17.8 Å². The van der Waals surface area contributed by atoms with Crippen molar-refractivity contribution in [2.24, 2.45) is 5.73 Å². The fourth-order valence-electron chi connectivity index (χ4n) is 2.62. The summed E-state index contributed by atoms with van der Waals surface area (Å²) >= 11 is 0. The van der Waals surface area contributed by atoms with Crippen LogP contribution < -0.4 is 11.1 Å². The minimum Gasteiger partial charge on any atom is -0.480 e. The van der Waals surface area contributed by atoms with Gasteiger partial charge in [-0.25, -0.2) is 4.79 Å². The van der Waals surface area contributed by atoms with Gasteiger partial charge in [-0.1, -0.05) is 17.7 Å². The Labute approximate surface area is 128 Å². The lowest BCUT2D eigenvalue weighted by Gasteiger charge is -2.20. The molecular formula is C15H19N3O4. The number of hydrogen-bond donors (Lipinski definition) is 3. The highest BCUT2D eigenvalue weighted by Crippen LogP contribution is 2.19. The van der Waals surface area contributed by atoms with Crippen molar-refractivity contribution in [3.63, 3.8) is 0 Å². The molecule has 7 heteroatoms. The van der Waals surface area contributed by atoms with Crippen molar-refractivity contribution < 1.29 is 19.5 Å². The standard InChI is InChI=1S/C15H19N3O4/c1-9-3-2-4-10(5-9)14(20)17-11-6-12(15(21)22)18(8-11)13(19)7-16/h2-5,11-12H,6-8,16H2,1H3,(H,17,20)(H,21,22). The van der Waals surface area contributed by atoms with Crippen LogP contribution in [0.1, 0.15) is 22.3 Å². The van der Waals surface area contributed by atoms with Gasteiger partial charge in [0.15, 0.2) is 0 Å². The molecule has 1 aliphatic rings. The summed E-state index contributed by atoms with van der Waals surface area (Å²) in [5.74, 6) is -1.80. The fraction of sp³-hybridized carbons (Fsp3) is 0.400. The van der Waals surface area contributed by atoms with Gasteiger partial charge in [-0.2, -0.15) is 0 Å². The van der Waals surface area contributed by atoms with Crippen molar-refractivity contribution in [3.05, 3.63) is 35.4 Å². The molecule has 0 bridgehead atoms. The number of carbonyl (C=O) groups excluding carboxylic acids is 2. The Kier molecular flexibility index (Phi) is 4.77. The van der Waals surface area contributed by atoms with Crippen LogP contribution in [0.25, 0.3) is 0 Å². The molecule has 22 heavy (non-hydrogen) atoms. The van der Waals surface area contributed by atoms with Gasteiger partial charge in [-0.05, 0) is 19.1 Å². The summed E-state index contributed by atoms with van der Waals surface area (Å²) in [5.41, 5.74) is 6.77. The van der Waals surface area contributed by atoms with Crippen molar-refractivity contribution in [1.29, 1.82) is 0 Å². The zero-order valence-electron chi connectivity index (χ0n) is 12.3. The van der Waals surface area contributed by atoms with Gasteiger partial charge in [0.1, 0.15) is 6.04 Å². The molecule has 1 saturated heterocycles. The highest BCUT2D eigenvalue weighted by molar-refractivity contribution is 5.95. The monoisotopic (exact) mass is 305 g/mol. The lowest BCUT2D eigenvalue weighted by atomic mass is 10.1. The summed E-state index contributed by atoms with van der Waals surface area (Å²) in [6.07, 6.45) is 0.179. The Balaban J connectivity index is 2.06. The van der Waals surface area contributed by atoms with Gasteiger partial charge in [0, 0.05) is 24.6 Å². The minimum atomic E-state index is -1.09. The molecule has 1 heterocycles. The molecule has 2 atom stereocenters. The Hall–Kier alpha value is -2.41. The van der Waals surface area contributed by atoms with Gasteiger partial charge >= 0.3 is 5.97 Å². The maximum Gasteiger partial charge on any atom is 0.326 e. The number of nitrogens with one attached hydrogen (secondary N) is 1. The molecule has 4 N–H and O–H groups in total. The molecule has 0 aromatic heterocycles. The SMILES string of the molecule is Cc1cccc(C(=O)NC2CC(C(=O)O)N(C(=O)CN)C2)c1. The average molecular weight is 305 g/mol. The first-order valence-electron chi connectivity index (χ1n) is 7.02. The second kappa shape index (κ2) is 6.57. The first kappa shape index (κ1) is 16.0. The van der Waals surface area contributed by atoms with E-state index in [0.717, 1.165) is 5.56 Å². The zero-order chi connectivity index (χ0) is 16.3. The number of nitrogens with zero attached hydrogens (tertiary/aromatic N) is 1. The first-order chi connectivity index (χ1) is 10.4. The number of carbonyl (C=O) groups is 3. The average Bonchev–Trinajstić information content (AvgIpc) is 2.90. The molecule has 2 amide bonds. The molecule has 2 unspecified atom stereocenters. The number of hydrogen-bond acceptors (Lipinski definition) is 4. The highest BCUT2D eigenvalue weighted by atomic mass is 16.4. The number of aliphatic carboxylic acids is 1. The molecule has 7 nitrogen and oxygen atoms in total. The van der Waals surface area contributed by atoms with E-state index in [1.807, 2.05) is 13.0 Å². The lowest BCUT2D eigenvalue weighted by Crippen LogP contribution is -2.44. The predicted molar refractivity (Wildman–Crippen MR) is 79.2 cm³/mol. The Morgan fingerprint density at radius 3 is 2.73 bits per heavy atom. The van der Waals surface area contributed by atoms with Gasteiger partial charge < -0.3 is 21.1 Å². The molecule has 0 aliphatic carbocycles. The smallest absolute Gasteiger partial charge is 0.326 e. The topological polar surface area (TPSA) is 113 Å². The molecule has 1 aromatic rings. The third kappa shape index (κ3) is 3.43. The summed E-state index contributed by atoms with van der Waals surface area (Å²) in [7, 11) is 0. The Morgan fingerprint density at radius 2 is 2.14 bits per heavy atom. The maximum absolute atomic E-state index is 12.2. The quantitative estimate of drug-likeness (QED) is 0.709. The molecule has 118 valence electrons. The summed E-state index contributed by atoms with van der Waals surface area (Å²) in [6, 6.07) is 5.76. The number of nitrogens with two attached hydrogens (primary N) is 1. The third-order valence-corrected chi connectivity index (χ3v) is 3.70. The Bertz CT molecular complexity index is 602. The van der Waals surface area contributed by atoms with Crippen molar-refractivity contribution in [2.45, 2.75) is 25.4 Å². The number of carboxylic acid groups (broad SMARTS) is 1. The largest absolute Gasteiger partial charge is 0.480 e. The van der Waals surface area contributed by atoms with Gasteiger partial charge in [-0.3, -0.25) is 9.59 Å². The normalized spacial score (nSPS) is 20.7. The predicted octanol–water partition coefficient (Wildman–Crippen LogP) is -0.262. The van der Waals surface area contributed by atoms with Crippen LogP contribution in [0.4, 0.5) is 0 Å². The Morgan fingerprint density at radius 1 is 1.41 bits per heavy atom. The van der Waals surface area contributed by atoms with Crippen LogP contribution in [0.15, 0.2) is 24.3 Å². The molecule has 2 rings (SSSR count). The van der Waals surface area contributed by atoms with Crippen LogP contribution in [0, 0.1) is 6.92 Å². The van der Waals surface area contributed by atoms with Crippen LogP contribution in [-0.2, 0) is 9.59 Å². The highest BCUT2D eigenvalue weighted by Gasteiger charge is 2.39. The molecular weight excluding hydrogens is 286 g/mol. The van der Waals surface area contributed by atoms with Gasteiger partial charge in [-0.15, -0.1) is 0 Å². The van der Waals surface area contributed by atoms with E-state index in [1.54, 1.807) is 18.2 Å². The van der Waals surface area contributed by atoms with Gasteiger partial charge in [0.05, 0.1) is 6.54 Å². The molecule has 0 radical (unpaired) electrons. The second-order valence-corrected chi connectivity index (χ2v) is 5.38. The second-order valence-electron chi connectivity index (χ2n) is 5.38. The molecule has 0 saturated carbocycles. The van der Waals surface area contributed by atoms with E-state index >= 15 is 0 Å². The summed E-state index contributed by atoms with van der Waals surface area (Å²) in [5, 5.41) is 12.0.